The van der Waals surface area contributed by atoms with Gasteiger partial charge >= 0.3 is 0 Å². The van der Waals surface area contributed by atoms with Gasteiger partial charge in [-0.1, -0.05) is 53.5 Å². The van der Waals surface area contributed by atoms with Crippen molar-refractivity contribution in [2.45, 2.75) is 26.0 Å². The van der Waals surface area contributed by atoms with Crippen LogP contribution in [0.3, 0.4) is 0 Å². The van der Waals surface area contributed by atoms with Crippen LogP contribution in [0.1, 0.15) is 22.7 Å². The average Bonchev–Trinajstić information content (AvgIpc) is 3.27. The summed E-state index contributed by atoms with van der Waals surface area (Å²) in [5, 5.41) is 2.53. The number of carbonyl (C=O) groups excluding carboxylic acids is 2. The summed E-state index contributed by atoms with van der Waals surface area (Å²) in [5.74, 6) is -1.43. The minimum Gasteiger partial charge on any atom is -0.273 e. The summed E-state index contributed by atoms with van der Waals surface area (Å²) in [6.45, 7) is 3.94. The number of benzene rings is 3. The van der Waals surface area contributed by atoms with Crippen LogP contribution in [-0.4, -0.2) is 17.9 Å². The molecule has 162 valence electrons. The van der Waals surface area contributed by atoms with Crippen molar-refractivity contribution in [3.05, 3.63) is 93.5 Å². The van der Waals surface area contributed by atoms with Crippen molar-refractivity contribution in [2.75, 3.05) is 9.96 Å². The van der Waals surface area contributed by atoms with Crippen LogP contribution < -0.4 is 9.96 Å². The summed E-state index contributed by atoms with van der Waals surface area (Å²) >= 11 is 12.7. The van der Waals surface area contributed by atoms with E-state index in [4.69, 9.17) is 28.0 Å². The quantitative estimate of drug-likeness (QED) is 0.467. The molecule has 0 saturated carbocycles. The predicted octanol–water partition coefficient (Wildman–Crippen LogP) is 5.66. The fourth-order valence-corrected chi connectivity index (χ4v) is 4.91. The molecule has 2 aliphatic rings. The molecular weight excluding hydrogens is 447 g/mol. The topological polar surface area (TPSA) is 49.9 Å². The Hall–Kier alpha value is -2.86. The molecule has 2 fully saturated rings. The number of carbonyl (C=O) groups is 2. The molecule has 0 aliphatic carbocycles. The number of hydroxylamine groups is 1. The minimum absolute atomic E-state index is 0.308. The van der Waals surface area contributed by atoms with Gasteiger partial charge in [-0.2, -0.15) is 0 Å². The zero-order valence-electron chi connectivity index (χ0n) is 17.5. The largest absolute Gasteiger partial charge is 0.273 e. The predicted molar refractivity (Wildman–Crippen MR) is 125 cm³/mol. The number of hydrogen-bond donors (Lipinski definition) is 0. The smallest absolute Gasteiger partial charge is 0.266 e. The lowest BCUT2D eigenvalue weighted by molar-refractivity contribution is -0.126. The number of rotatable bonds is 3. The van der Waals surface area contributed by atoms with E-state index in [1.807, 2.05) is 56.3 Å². The molecule has 5 rings (SSSR count). The average molecular weight is 467 g/mol. The minimum atomic E-state index is -0.943. The summed E-state index contributed by atoms with van der Waals surface area (Å²) in [6.07, 6.45) is -0.943. The van der Waals surface area contributed by atoms with Crippen LogP contribution in [-0.2, 0) is 14.4 Å². The van der Waals surface area contributed by atoms with Gasteiger partial charge in [-0.15, -0.1) is 0 Å². The first-order valence-electron chi connectivity index (χ1n) is 10.3. The number of fused-ring (bicyclic) bond motifs is 1. The van der Waals surface area contributed by atoms with Crippen LogP contribution in [0.25, 0.3) is 0 Å². The molecule has 0 radical (unpaired) electrons. The first-order valence-corrected chi connectivity index (χ1v) is 11.0. The number of imide groups is 1. The molecule has 0 bridgehead atoms. The summed E-state index contributed by atoms with van der Waals surface area (Å²) < 4.78 is 0. The van der Waals surface area contributed by atoms with Crippen molar-refractivity contribution < 1.29 is 14.4 Å². The first-order chi connectivity index (χ1) is 15.4. The Morgan fingerprint density at radius 1 is 0.812 bits per heavy atom. The molecule has 7 heteroatoms. The van der Waals surface area contributed by atoms with Crippen LogP contribution >= 0.6 is 23.2 Å². The number of hydrogen-bond acceptors (Lipinski definition) is 4. The third-order valence-electron chi connectivity index (χ3n) is 6.16. The van der Waals surface area contributed by atoms with Gasteiger partial charge in [0.25, 0.3) is 5.91 Å². The Balaban J connectivity index is 1.61. The fraction of sp³-hybridized carbons (Fsp3) is 0.200. The van der Waals surface area contributed by atoms with E-state index < -0.39 is 18.1 Å². The van der Waals surface area contributed by atoms with Crippen molar-refractivity contribution in [2.24, 2.45) is 5.92 Å². The third-order valence-corrected chi connectivity index (χ3v) is 6.72. The van der Waals surface area contributed by atoms with E-state index in [0.717, 1.165) is 16.8 Å². The molecule has 3 atom stereocenters. The number of amides is 2. The van der Waals surface area contributed by atoms with Gasteiger partial charge in [0.05, 0.1) is 17.4 Å². The maximum atomic E-state index is 13.7. The van der Waals surface area contributed by atoms with Gasteiger partial charge in [0.15, 0.2) is 6.10 Å². The van der Waals surface area contributed by atoms with Gasteiger partial charge in [0.1, 0.15) is 5.92 Å². The highest BCUT2D eigenvalue weighted by atomic mass is 35.5. The van der Waals surface area contributed by atoms with Gasteiger partial charge in [0, 0.05) is 10.0 Å². The van der Waals surface area contributed by atoms with Gasteiger partial charge in [-0.05, 0) is 66.9 Å². The second kappa shape index (κ2) is 7.93. The maximum absolute atomic E-state index is 13.7. The number of halogens is 2. The molecule has 0 N–H and O–H groups in total. The number of nitrogens with zero attached hydrogens (tertiary/aromatic N) is 2. The molecule has 3 aromatic carbocycles. The van der Waals surface area contributed by atoms with Crippen molar-refractivity contribution in [1.82, 2.24) is 0 Å². The van der Waals surface area contributed by atoms with E-state index in [1.54, 1.807) is 29.3 Å². The van der Waals surface area contributed by atoms with E-state index in [0.29, 0.717) is 21.3 Å². The van der Waals surface area contributed by atoms with Crippen LogP contribution in [0.15, 0.2) is 66.7 Å². The van der Waals surface area contributed by atoms with Gasteiger partial charge < -0.3 is 0 Å². The molecule has 0 spiro atoms. The molecular formula is C25H20Cl2N2O3. The van der Waals surface area contributed by atoms with Crippen molar-refractivity contribution in [1.29, 1.82) is 0 Å². The Morgan fingerprint density at radius 3 is 2.25 bits per heavy atom. The fourth-order valence-electron chi connectivity index (χ4n) is 4.39. The van der Waals surface area contributed by atoms with E-state index in [1.165, 1.54) is 4.90 Å². The van der Waals surface area contributed by atoms with Crippen LogP contribution in [0.4, 0.5) is 11.4 Å². The lowest BCUT2D eigenvalue weighted by Gasteiger charge is -2.29. The van der Waals surface area contributed by atoms with Gasteiger partial charge in [-0.25, -0.2) is 9.96 Å². The monoisotopic (exact) mass is 466 g/mol. The SMILES string of the molecule is Cc1ccc(N2C(=O)C3ON(c4ccccc4)C(c4ccc(Cl)cc4Cl)C3C2=O)cc1C. The van der Waals surface area contributed by atoms with Crippen molar-refractivity contribution >= 4 is 46.4 Å². The summed E-state index contributed by atoms with van der Waals surface area (Å²) in [5.41, 5.74) is 4.05. The first kappa shape index (κ1) is 21.0. The highest BCUT2D eigenvalue weighted by Crippen LogP contribution is 2.49. The molecule has 2 amide bonds. The molecule has 3 unspecified atom stereocenters. The van der Waals surface area contributed by atoms with Crippen molar-refractivity contribution in [3.8, 4) is 0 Å². The number of anilines is 2. The van der Waals surface area contributed by atoms with E-state index in [-0.39, 0.29) is 11.8 Å². The van der Waals surface area contributed by atoms with Crippen LogP contribution in [0, 0.1) is 19.8 Å². The number of para-hydroxylation sites is 1. The van der Waals surface area contributed by atoms with E-state index in [9.17, 15) is 9.59 Å². The summed E-state index contributed by atoms with van der Waals surface area (Å²) in [6, 6.07) is 19.5. The zero-order valence-corrected chi connectivity index (χ0v) is 19.0. The van der Waals surface area contributed by atoms with Crippen LogP contribution in [0.5, 0.6) is 0 Å². The van der Waals surface area contributed by atoms with E-state index in [2.05, 4.69) is 0 Å². The second-order valence-corrected chi connectivity index (χ2v) is 8.95. The Labute approximate surface area is 196 Å². The normalized spacial score (nSPS) is 22.6. The zero-order chi connectivity index (χ0) is 22.6. The lowest BCUT2D eigenvalue weighted by atomic mass is 9.90. The molecule has 3 aromatic rings. The summed E-state index contributed by atoms with van der Waals surface area (Å²) in [4.78, 5) is 34.4. The highest BCUT2D eigenvalue weighted by molar-refractivity contribution is 6.35. The third kappa shape index (κ3) is 3.28. The molecule has 0 aromatic heterocycles. The molecule has 2 saturated heterocycles. The Kier molecular flexibility index (Phi) is 5.20. The lowest BCUT2D eigenvalue weighted by Crippen LogP contribution is -2.37. The standard InChI is InChI=1S/C25H20Cl2N2O3/c1-14-8-10-18(12-15(14)2)28-24(30)21-22(19-11-9-16(26)13-20(19)27)29(32-23(21)25(28)31)17-6-4-3-5-7-17/h3-13,21-23H,1-2H3. The maximum Gasteiger partial charge on any atom is 0.266 e. The van der Waals surface area contributed by atoms with Gasteiger partial charge in [-0.3, -0.25) is 14.4 Å². The highest BCUT2D eigenvalue weighted by Gasteiger charge is 2.60. The number of aryl methyl sites for hydroxylation is 2. The summed E-state index contributed by atoms with van der Waals surface area (Å²) in [7, 11) is 0. The van der Waals surface area contributed by atoms with E-state index >= 15 is 0 Å². The van der Waals surface area contributed by atoms with Gasteiger partial charge in [0.2, 0.25) is 5.91 Å². The Morgan fingerprint density at radius 2 is 1.56 bits per heavy atom. The second-order valence-electron chi connectivity index (χ2n) is 8.10. The molecule has 2 heterocycles. The molecule has 32 heavy (non-hydrogen) atoms. The molecule has 5 nitrogen and oxygen atoms in total. The van der Waals surface area contributed by atoms with Crippen LogP contribution in [0.2, 0.25) is 10.0 Å². The van der Waals surface area contributed by atoms with Crippen molar-refractivity contribution in [3.63, 3.8) is 0 Å². The Bertz CT molecular complexity index is 1230. The molecule has 2 aliphatic heterocycles.